The topological polar surface area (TPSA) is 84.0 Å². The van der Waals surface area contributed by atoms with Gasteiger partial charge in [-0.3, -0.25) is 14.9 Å². The van der Waals surface area contributed by atoms with Gasteiger partial charge in [-0.15, -0.1) is 10.2 Å². The number of halogens is 2. The molecule has 2 N–H and O–H groups in total. The van der Waals surface area contributed by atoms with Crippen LogP contribution in [0.2, 0.25) is 0 Å². The quantitative estimate of drug-likeness (QED) is 0.463. The lowest BCUT2D eigenvalue weighted by molar-refractivity contribution is -0.113. The Morgan fingerprint density at radius 2 is 1.89 bits per heavy atom. The Hall–Kier alpha value is -2.85. The summed E-state index contributed by atoms with van der Waals surface area (Å²) in [6, 6.07) is 10.0. The molecule has 3 aromatic rings. The van der Waals surface area contributed by atoms with Crippen molar-refractivity contribution in [3.63, 3.8) is 0 Å². The number of hydrogen-bond donors (Lipinski definition) is 2. The zero-order valence-corrected chi connectivity index (χ0v) is 16.2. The van der Waals surface area contributed by atoms with E-state index in [2.05, 4.69) is 20.8 Å². The first-order valence-corrected chi connectivity index (χ1v) is 9.81. The van der Waals surface area contributed by atoms with Crippen LogP contribution >= 0.6 is 23.1 Å². The summed E-state index contributed by atoms with van der Waals surface area (Å²) in [6.07, 6.45) is 0. The van der Waals surface area contributed by atoms with Crippen LogP contribution in [0.1, 0.15) is 15.9 Å². The van der Waals surface area contributed by atoms with Crippen LogP contribution in [0.25, 0.3) is 0 Å². The molecule has 0 aliphatic heterocycles. The molecule has 10 heteroatoms. The molecule has 0 saturated heterocycles. The first-order valence-electron chi connectivity index (χ1n) is 8.00. The molecule has 0 unspecified atom stereocenters. The van der Waals surface area contributed by atoms with Crippen molar-refractivity contribution in [2.45, 2.75) is 11.3 Å². The van der Waals surface area contributed by atoms with E-state index in [4.69, 9.17) is 0 Å². The molecular formula is C18H14F2N4O2S2. The number of amides is 2. The van der Waals surface area contributed by atoms with Crippen LogP contribution in [0.15, 0.2) is 46.8 Å². The molecule has 1 aromatic heterocycles. The maximum atomic E-state index is 13.5. The van der Waals surface area contributed by atoms with Crippen LogP contribution in [0.4, 0.5) is 19.6 Å². The molecule has 2 aromatic carbocycles. The molecule has 0 aliphatic rings. The SMILES string of the molecule is Cc1ccccc1C(=O)Nc1nnc(SCC(=O)Nc2ccc(F)cc2F)s1. The van der Waals surface area contributed by atoms with Crippen molar-refractivity contribution in [3.05, 3.63) is 65.2 Å². The number of benzene rings is 2. The molecule has 0 aliphatic carbocycles. The summed E-state index contributed by atoms with van der Waals surface area (Å²) < 4.78 is 26.9. The maximum absolute atomic E-state index is 13.5. The average Bonchev–Trinajstić information content (AvgIpc) is 3.10. The monoisotopic (exact) mass is 420 g/mol. The highest BCUT2D eigenvalue weighted by molar-refractivity contribution is 8.01. The van der Waals surface area contributed by atoms with Gasteiger partial charge in [0.05, 0.1) is 11.4 Å². The lowest BCUT2D eigenvalue weighted by atomic mass is 10.1. The zero-order chi connectivity index (χ0) is 20.1. The Kier molecular flexibility index (Phi) is 6.32. The molecule has 0 saturated carbocycles. The van der Waals surface area contributed by atoms with E-state index in [1.807, 2.05) is 19.1 Å². The summed E-state index contributed by atoms with van der Waals surface area (Å²) in [5.41, 5.74) is 1.27. The number of nitrogens with one attached hydrogen (secondary N) is 2. The van der Waals surface area contributed by atoms with Gasteiger partial charge in [0.2, 0.25) is 11.0 Å². The maximum Gasteiger partial charge on any atom is 0.257 e. The van der Waals surface area contributed by atoms with Crippen LogP contribution < -0.4 is 10.6 Å². The van der Waals surface area contributed by atoms with Crippen molar-refractivity contribution in [2.75, 3.05) is 16.4 Å². The minimum absolute atomic E-state index is 0.0445. The number of aryl methyl sites for hydroxylation is 1. The number of rotatable bonds is 6. The molecule has 1 heterocycles. The van der Waals surface area contributed by atoms with Crippen LogP contribution in [-0.2, 0) is 4.79 Å². The van der Waals surface area contributed by atoms with E-state index in [-0.39, 0.29) is 17.3 Å². The summed E-state index contributed by atoms with van der Waals surface area (Å²) in [7, 11) is 0. The molecule has 3 rings (SSSR count). The highest BCUT2D eigenvalue weighted by Crippen LogP contribution is 2.26. The van der Waals surface area contributed by atoms with Crippen molar-refractivity contribution >= 4 is 45.7 Å². The average molecular weight is 420 g/mol. The second kappa shape index (κ2) is 8.89. The van der Waals surface area contributed by atoms with E-state index in [0.717, 1.165) is 40.8 Å². The Morgan fingerprint density at radius 3 is 2.64 bits per heavy atom. The van der Waals surface area contributed by atoms with Gasteiger partial charge in [-0.05, 0) is 30.7 Å². The van der Waals surface area contributed by atoms with Crippen molar-refractivity contribution in [2.24, 2.45) is 0 Å². The van der Waals surface area contributed by atoms with Crippen molar-refractivity contribution in [1.29, 1.82) is 0 Å². The van der Waals surface area contributed by atoms with Gasteiger partial charge in [0.15, 0.2) is 4.34 Å². The largest absolute Gasteiger partial charge is 0.323 e. The minimum Gasteiger partial charge on any atom is -0.323 e. The predicted molar refractivity (Wildman–Crippen MR) is 105 cm³/mol. The molecule has 28 heavy (non-hydrogen) atoms. The van der Waals surface area contributed by atoms with E-state index in [1.165, 1.54) is 0 Å². The molecule has 0 bridgehead atoms. The van der Waals surface area contributed by atoms with Gasteiger partial charge < -0.3 is 5.32 Å². The number of aromatic nitrogens is 2. The van der Waals surface area contributed by atoms with Crippen LogP contribution in [0.5, 0.6) is 0 Å². The molecule has 0 radical (unpaired) electrons. The molecule has 0 spiro atoms. The second-order valence-electron chi connectivity index (χ2n) is 5.60. The van der Waals surface area contributed by atoms with E-state index in [0.29, 0.717) is 21.1 Å². The summed E-state index contributed by atoms with van der Waals surface area (Å²) in [6.45, 7) is 1.83. The molecule has 6 nitrogen and oxygen atoms in total. The number of nitrogens with zero attached hydrogens (tertiary/aromatic N) is 2. The molecule has 0 fully saturated rings. The third-order valence-corrected chi connectivity index (χ3v) is 5.52. The van der Waals surface area contributed by atoms with Gasteiger partial charge in [0.25, 0.3) is 5.91 Å². The normalized spacial score (nSPS) is 10.5. The molecule has 0 atom stereocenters. The minimum atomic E-state index is -0.851. The molecule has 144 valence electrons. The fraction of sp³-hybridized carbons (Fsp3) is 0.111. The van der Waals surface area contributed by atoms with Crippen LogP contribution in [0.3, 0.4) is 0 Å². The van der Waals surface area contributed by atoms with E-state index in [1.54, 1.807) is 12.1 Å². The van der Waals surface area contributed by atoms with Crippen molar-refractivity contribution in [1.82, 2.24) is 10.2 Å². The highest BCUT2D eigenvalue weighted by Gasteiger charge is 2.14. The van der Waals surface area contributed by atoms with Gasteiger partial charge in [-0.1, -0.05) is 41.3 Å². The number of thioether (sulfide) groups is 1. The molecule has 2 amide bonds. The van der Waals surface area contributed by atoms with Gasteiger partial charge in [0, 0.05) is 11.6 Å². The number of hydrogen-bond acceptors (Lipinski definition) is 6. The smallest absolute Gasteiger partial charge is 0.257 e. The zero-order valence-electron chi connectivity index (χ0n) is 14.5. The van der Waals surface area contributed by atoms with Gasteiger partial charge >= 0.3 is 0 Å². The summed E-state index contributed by atoms with van der Waals surface area (Å²) in [5.74, 6) is -2.39. The lowest BCUT2D eigenvalue weighted by Gasteiger charge is -2.05. The standard InChI is InChI=1S/C18H14F2N4O2S2/c1-10-4-2-3-5-12(10)16(26)22-17-23-24-18(28-17)27-9-15(25)21-14-7-6-11(19)8-13(14)20/h2-8H,9H2,1H3,(H,21,25)(H,22,23,26). The Morgan fingerprint density at radius 1 is 1.11 bits per heavy atom. The van der Waals surface area contributed by atoms with E-state index in [9.17, 15) is 18.4 Å². The highest BCUT2D eigenvalue weighted by atomic mass is 32.2. The summed E-state index contributed by atoms with van der Waals surface area (Å²) in [5, 5.41) is 13.1. The van der Waals surface area contributed by atoms with Crippen LogP contribution in [-0.4, -0.2) is 27.8 Å². The summed E-state index contributed by atoms with van der Waals surface area (Å²) in [4.78, 5) is 24.2. The van der Waals surface area contributed by atoms with Crippen molar-refractivity contribution < 1.29 is 18.4 Å². The predicted octanol–water partition coefficient (Wildman–Crippen LogP) is 4.11. The number of carbonyl (C=O) groups is 2. The van der Waals surface area contributed by atoms with E-state index < -0.39 is 17.5 Å². The van der Waals surface area contributed by atoms with Crippen molar-refractivity contribution in [3.8, 4) is 0 Å². The Balaban J connectivity index is 1.54. The third-order valence-electron chi connectivity index (χ3n) is 3.55. The fourth-order valence-corrected chi connectivity index (χ4v) is 3.76. The number of anilines is 2. The third kappa shape index (κ3) is 5.11. The first kappa shape index (κ1) is 19.9. The van der Waals surface area contributed by atoms with Gasteiger partial charge in [0.1, 0.15) is 11.6 Å². The Bertz CT molecular complexity index is 1030. The Labute approximate surface area is 167 Å². The first-order chi connectivity index (χ1) is 13.4. The lowest BCUT2D eigenvalue weighted by Crippen LogP contribution is -2.15. The van der Waals surface area contributed by atoms with E-state index >= 15 is 0 Å². The van der Waals surface area contributed by atoms with Gasteiger partial charge in [-0.2, -0.15) is 0 Å². The van der Waals surface area contributed by atoms with Gasteiger partial charge in [-0.25, -0.2) is 8.78 Å². The number of carbonyl (C=O) groups excluding carboxylic acids is 2. The van der Waals surface area contributed by atoms with Crippen LogP contribution in [0, 0.1) is 18.6 Å². The second-order valence-corrected chi connectivity index (χ2v) is 7.80. The fourth-order valence-electron chi connectivity index (χ4n) is 2.22. The summed E-state index contributed by atoms with van der Waals surface area (Å²) >= 11 is 2.21. The molecular weight excluding hydrogens is 406 g/mol.